The molecule has 1 atom stereocenters. The number of rotatable bonds is 1. The molecule has 2 rings (SSSR count). The molecular formula is C13H14N2O. The van der Waals surface area contributed by atoms with E-state index in [1.165, 1.54) is 5.56 Å². The standard InChI is InChI=1S/C13H14N2O/c1-9-3-4-12(10(2)5-9)15-7-11(6-14)13(16)8-15/h3-5,11H,7-8H2,1-2H3/t11-/m0/s1. The Morgan fingerprint density at radius 2 is 2.19 bits per heavy atom. The first-order chi connectivity index (χ1) is 7.61. The molecule has 0 unspecified atom stereocenters. The summed E-state index contributed by atoms with van der Waals surface area (Å²) in [4.78, 5) is 13.5. The van der Waals surface area contributed by atoms with Crippen LogP contribution in [0.5, 0.6) is 0 Å². The van der Waals surface area contributed by atoms with Gasteiger partial charge in [-0.25, -0.2) is 0 Å². The molecule has 0 saturated carbocycles. The van der Waals surface area contributed by atoms with Crippen molar-refractivity contribution in [1.29, 1.82) is 5.26 Å². The second-order valence-corrected chi connectivity index (χ2v) is 4.32. The number of anilines is 1. The highest BCUT2D eigenvalue weighted by Gasteiger charge is 2.31. The van der Waals surface area contributed by atoms with Crippen LogP contribution >= 0.6 is 0 Å². The van der Waals surface area contributed by atoms with E-state index in [1.54, 1.807) is 0 Å². The van der Waals surface area contributed by atoms with E-state index in [9.17, 15) is 4.79 Å². The summed E-state index contributed by atoms with van der Waals surface area (Å²) in [6.45, 7) is 4.97. The van der Waals surface area contributed by atoms with Crippen molar-refractivity contribution in [3.8, 4) is 6.07 Å². The molecular weight excluding hydrogens is 200 g/mol. The molecule has 0 bridgehead atoms. The molecule has 1 fully saturated rings. The first kappa shape index (κ1) is 10.7. The van der Waals surface area contributed by atoms with Crippen LogP contribution in [-0.2, 0) is 4.79 Å². The molecule has 1 aromatic carbocycles. The van der Waals surface area contributed by atoms with Crippen molar-refractivity contribution in [3.63, 3.8) is 0 Å². The maximum absolute atomic E-state index is 11.5. The highest BCUT2D eigenvalue weighted by Crippen LogP contribution is 2.25. The number of nitrogens with zero attached hydrogens (tertiary/aromatic N) is 2. The zero-order valence-corrected chi connectivity index (χ0v) is 9.53. The fourth-order valence-corrected chi connectivity index (χ4v) is 2.14. The lowest BCUT2D eigenvalue weighted by atomic mass is 10.1. The Bertz CT molecular complexity index is 473. The van der Waals surface area contributed by atoms with Crippen molar-refractivity contribution in [2.45, 2.75) is 13.8 Å². The van der Waals surface area contributed by atoms with E-state index < -0.39 is 5.92 Å². The van der Waals surface area contributed by atoms with E-state index in [2.05, 4.69) is 12.1 Å². The van der Waals surface area contributed by atoms with Gasteiger partial charge in [-0.1, -0.05) is 17.7 Å². The number of hydrogen-bond acceptors (Lipinski definition) is 3. The summed E-state index contributed by atoms with van der Waals surface area (Å²) in [7, 11) is 0. The lowest BCUT2D eigenvalue weighted by Crippen LogP contribution is -2.20. The Morgan fingerprint density at radius 1 is 1.44 bits per heavy atom. The summed E-state index contributed by atoms with van der Waals surface area (Å²) < 4.78 is 0. The monoisotopic (exact) mass is 214 g/mol. The summed E-state index contributed by atoms with van der Waals surface area (Å²) in [6.07, 6.45) is 0. The summed E-state index contributed by atoms with van der Waals surface area (Å²) in [5, 5.41) is 8.82. The molecule has 16 heavy (non-hydrogen) atoms. The molecule has 0 amide bonds. The molecule has 1 aliphatic rings. The van der Waals surface area contributed by atoms with Gasteiger partial charge in [-0.3, -0.25) is 4.79 Å². The van der Waals surface area contributed by atoms with Crippen LogP contribution in [0.2, 0.25) is 0 Å². The Labute approximate surface area is 95.3 Å². The lowest BCUT2D eigenvalue weighted by molar-refractivity contribution is -0.118. The highest BCUT2D eigenvalue weighted by atomic mass is 16.1. The number of nitriles is 1. The minimum atomic E-state index is -0.458. The van der Waals surface area contributed by atoms with Crippen LogP contribution in [0.25, 0.3) is 0 Å². The van der Waals surface area contributed by atoms with Gasteiger partial charge in [0, 0.05) is 12.2 Å². The van der Waals surface area contributed by atoms with Gasteiger partial charge >= 0.3 is 0 Å². The molecule has 1 saturated heterocycles. The van der Waals surface area contributed by atoms with Gasteiger partial charge in [0.15, 0.2) is 5.78 Å². The van der Waals surface area contributed by atoms with Crippen molar-refractivity contribution >= 4 is 11.5 Å². The molecule has 1 aromatic rings. The van der Waals surface area contributed by atoms with Crippen molar-refractivity contribution < 1.29 is 4.79 Å². The first-order valence-electron chi connectivity index (χ1n) is 5.36. The highest BCUT2D eigenvalue weighted by molar-refractivity contribution is 5.91. The summed E-state index contributed by atoms with van der Waals surface area (Å²) in [5.74, 6) is -0.428. The van der Waals surface area contributed by atoms with Crippen molar-refractivity contribution in [3.05, 3.63) is 29.3 Å². The summed E-state index contributed by atoms with van der Waals surface area (Å²) >= 11 is 0. The van der Waals surface area contributed by atoms with Crippen LogP contribution in [0.3, 0.4) is 0 Å². The van der Waals surface area contributed by atoms with Gasteiger partial charge in [-0.15, -0.1) is 0 Å². The van der Waals surface area contributed by atoms with E-state index in [4.69, 9.17) is 5.26 Å². The van der Waals surface area contributed by atoms with Crippen molar-refractivity contribution in [1.82, 2.24) is 0 Å². The zero-order chi connectivity index (χ0) is 11.7. The quantitative estimate of drug-likeness (QED) is 0.716. The number of carbonyl (C=O) groups excluding carboxylic acids is 1. The van der Waals surface area contributed by atoms with E-state index in [1.807, 2.05) is 30.9 Å². The molecule has 82 valence electrons. The molecule has 1 aliphatic heterocycles. The predicted molar refractivity (Wildman–Crippen MR) is 62.2 cm³/mol. The third kappa shape index (κ3) is 1.79. The average molecular weight is 214 g/mol. The molecule has 1 heterocycles. The van der Waals surface area contributed by atoms with E-state index in [0.717, 1.165) is 11.3 Å². The number of ketones is 1. The molecule has 0 N–H and O–H groups in total. The van der Waals surface area contributed by atoms with Crippen LogP contribution in [0.1, 0.15) is 11.1 Å². The maximum atomic E-state index is 11.5. The molecule has 0 radical (unpaired) electrons. The maximum Gasteiger partial charge on any atom is 0.170 e. The zero-order valence-electron chi connectivity index (χ0n) is 9.53. The summed E-state index contributed by atoms with van der Waals surface area (Å²) in [5.41, 5.74) is 3.44. The third-order valence-electron chi connectivity index (χ3n) is 2.99. The van der Waals surface area contributed by atoms with E-state index in [-0.39, 0.29) is 5.78 Å². The molecule has 0 aliphatic carbocycles. The second-order valence-electron chi connectivity index (χ2n) is 4.32. The molecule has 3 heteroatoms. The SMILES string of the molecule is Cc1ccc(N2CC(=O)[C@@H](C#N)C2)c(C)c1. The van der Waals surface area contributed by atoms with Crippen molar-refractivity contribution in [2.24, 2.45) is 5.92 Å². The minimum absolute atomic E-state index is 0.0301. The van der Waals surface area contributed by atoms with Gasteiger partial charge < -0.3 is 4.90 Å². The number of Topliss-reactive ketones (excluding diaryl/α,β-unsaturated/α-hetero) is 1. The number of aryl methyl sites for hydroxylation is 2. The number of benzene rings is 1. The van der Waals surface area contributed by atoms with Gasteiger partial charge in [0.25, 0.3) is 0 Å². The molecule has 0 spiro atoms. The Balaban J connectivity index is 2.27. The first-order valence-corrected chi connectivity index (χ1v) is 5.36. The predicted octanol–water partition coefficient (Wildman–Crippen LogP) is 1.83. The Hall–Kier alpha value is -1.82. The third-order valence-corrected chi connectivity index (χ3v) is 2.99. The van der Waals surface area contributed by atoms with Crippen LogP contribution in [0.15, 0.2) is 18.2 Å². The Kier molecular flexibility index (Phi) is 2.66. The fourth-order valence-electron chi connectivity index (χ4n) is 2.14. The van der Waals surface area contributed by atoms with Crippen LogP contribution in [0, 0.1) is 31.1 Å². The van der Waals surface area contributed by atoms with Crippen LogP contribution in [0.4, 0.5) is 5.69 Å². The average Bonchev–Trinajstić information content (AvgIpc) is 2.59. The van der Waals surface area contributed by atoms with E-state index >= 15 is 0 Å². The largest absolute Gasteiger partial charge is 0.362 e. The van der Waals surface area contributed by atoms with Gasteiger partial charge in [0.05, 0.1) is 12.6 Å². The summed E-state index contributed by atoms with van der Waals surface area (Å²) in [6, 6.07) is 8.21. The van der Waals surface area contributed by atoms with Gasteiger partial charge in [0.2, 0.25) is 0 Å². The van der Waals surface area contributed by atoms with Crippen LogP contribution < -0.4 is 4.90 Å². The molecule has 3 nitrogen and oxygen atoms in total. The van der Waals surface area contributed by atoms with Gasteiger partial charge in [0.1, 0.15) is 5.92 Å². The second kappa shape index (κ2) is 3.97. The smallest absolute Gasteiger partial charge is 0.170 e. The Morgan fingerprint density at radius 3 is 2.75 bits per heavy atom. The van der Waals surface area contributed by atoms with Crippen LogP contribution in [-0.4, -0.2) is 18.9 Å². The van der Waals surface area contributed by atoms with E-state index in [0.29, 0.717) is 13.1 Å². The van der Waals surface area contributed by atoms with Gasteiger partial charge in [-0.05, 0) is 25.5 Å². The molecule has 0 aromatic heterocycles. The number of carbonyl (C=O) groups is 1. The van der Waals surface area contributed by atoms with Gasteiger partial charge in [-0.2, -0.15) is 5.26 Å². The lowest BCUT2D eigenvalue weighted by Gasteiger charge is -2.19. The normalized spacial score (nSPS) is 19.9. The topological polar surface area (TPSA) is 44.1 Å². The minimum Gasteiger partial charge on any atom is -0.362 e. The van der Waals surface area contributed by atoms with Crippen molar-refractivity contribution in [2.75, 3.05) is 18.0 Å². The fraction of sp³-hybridized carbons (Fsp3) is 0.385. The number of hydrogen-bond donors (Lipinski definition) is 0.